The molecule has 0 aromatic carbocycles. The number of amides is 1. The molecular formula is C17H25N5O3. The molecule has 8 nitrogen and oxygen atoms in total. The van der Waals surface area contributed by atoms with Crippen LogP contribution in [-0.2, 0) is 22.4 Å². The molecule has 0 saturated carbocycles. The van der Waals surface area contributed by atoms with Crippen LogP contribution in [0.15, 0.2) is 4.52 Å². The van der Waals surface area contributed by atoms with Gasteiger partial charge in [-0.3, -0.25) is 9.89 Å². The lowest BCUT2D eigenvalue weighted by Gasteiger charge is -2.33. The molecule has 1 unspecified atom stereocenters. The number of nitrogens with zero attached hydrogens (tertiary/aromatic N) is 4. The second-order valence-corrected chi connectivity index (χ2v) is 6.48. The van der Waals surface area contributed by atoms with Gasteiger partial charge in [-0.1, -0.05) is 5.16 Å². The van der Waals surface area contributed by atoms with E-state index in [0.717, 1.165) is 42.8 Å². The van der Waals surface area contributed by atoms with Gasteiger partial charge in [0.15, 0.2) is 5.82 Å². The smallest absolute Gasteiger partial charge is 0.249 e. The maximum absolute atomic E-state index is 12.9. The van der Waals surface area contributed by atoms with Crippen molar-refractivity contribution in [2.45, 2.75) is 52.0 Å². The van der Waals surface area contributed by atoms with Crippen molar-refractivity contribution in [3.05, 3.63) is 28.7 Å². The van der Waals surface area contributed by atoms with E-state index in [1.165, 1.54) is 0 Å². The van der Waals surface area contributed by atoms with Gasteiger partial charge in [-0.05, 0) is 33.1 Å². The highest BCUT2D eigenvalue weighted by molar-refractivity contribution is 5.79. The Labute approximate surface area is 146 Å². The highest BCUT2D eigenvalue weighted by Gasteiger charge is 2.32. The molecule has 0 bridgehead atoms. The molecule has 1 amide bonds. The van der Waals surface area contributed by atoms with Gasteiger partial charge >= 0.3 is 0 Å². The van der Waals surface area contributed by atoms with Crippen LogP contribution >= 0.6 is 0 Å². The molecule has 1 aliphatic rings. The van der Waals surface area contributed by atoms with Gasteiger partial charge in [-0.15, -0.1) is 0 Å². The molecule has 2 aromatic heterocycles. The number of aromatic nitrogens is 4. The van der Waals surface area contributed by atoms with Crippen LogP contribution in [0.3, 0.4) is 0 Å². The first-order valence-corrected chi connectivity index (χ1v) is 8.71. The predicted octanol–water partition coefficient (Wildman–Crippen LogP) is 1.89. The Bertz CT molecular complexity index is 704. The molecule has 8 heteroatoms. The number of carbonyl (C=O) groups is 1. The maximum atomic E-state index is 12.9. The molecule has 25 heavy (non-hydrogen) atoms. The predicted molar refractivity (Wildman–Crippen MR) is 89.9 cm³/mol. The van der Waals surface area contributed by atoms with E-state index in [2.05, 4.69) is 20.3 Å². The topological polar surface area (TPSA) is 97.1 Å². The Balaban J connectivity index is 1.74. The summed E-state index contributed by atoms with van der Waals surface area (Å²) in [5.74, 6) is 1.23. The van der Waals surface area contributed by atoms with Gasteiger partial charge in [-0.2, -0.15) is 10.1 Å². The summed E-state index contributed by atoms with van der Waals surface area (Å²) >= 11 is 0. The second kappa shape index (κ2) is 7.77. The highest BCUT2D eigenvalue weighted by atomic mass is 16.5. The van der Waals surface area contributed by atoms with E-state index in [9.17, 15) is 4.79 Å². The molecule has 3 heterocycles. The van der Waals surface area contributed by atoms with E-state index in [4.69, 9.17) is 9.26 Å². The molecule has 1 atom stereocenters. The summed E-state index contributed by atoms with van der Waals surface area (Å²) in [5, 5.41) is 11.1. The number of ether oxygens (including phenoxy) is 1. The second-order valence-electron chi connectivity index (χ2n) is 6.48. The van der Waals surface area contributed by atoms with Gasteiger partial charge in [0, 0.05) is 31.3 Å². The lowest BCUT2D eigenvalue weighted by atomic mass is 10.00. The van der Waals surface area contributed by atoms with E-state index in [0.29, 0.717) is 31.2 Å². The van der Waals surface area contributed by atoms with Crippen molar-refractivity contribution in [3.63, 3.8) is 0 Å². The van der Waals surface area contributed by atoms with Crippen molar-refractivity contribution in [2.75, 3.05) is 20.3 Å². The van der Waals surface area contributed by atoms with Crippen LogP contribution in [0.2, 0.25) is 0 Å². The zero-order chi connectivity index (χ0) is 17.8. The minimum atomic E-state index is -0.141. The monoisotopic (exact) mass is 347 g/mol. The van der Waals surface area contributed by atoms with Crippen LogP contribution < -0.4 is 0 Å². The average Bonchev–Trinajstić information content (AvgIpc) is 3.22. The third-order valence-electron chi connectivity index (χ3n) is 4.73. The molecule has 0 spiro atoms. The number of methoxy groups -OCH3 is 1. The number of aromatic amines is 1. The molecule has 1 aliphatic heterocycles. The summed E-state index contributed by atoms with van der Waals surface area (Å²) in [5.41, 5.74) is 2.79. The third-order valence-corrected chi connectivity index (χ3v) is 4.73. The zero-order valence-electron chi connectivity index (χ0n) is 15.0. The summed E-state index contributed by atoms with van der Waals surface area (Å²) < 4.78 is 10.5. The van der Waals surface area contributed by atoms with Crippen molar-refractivity contribution in [1.82, 2.24) is 25.2 Å². The first kappa shape index (κ1) is 17.6. The Morgan fingerprint density at radius 1 is 1.40 bits per heavy atom. The van der Waals surface area contributed by atoms with Crippen LogP contribution in [0.5, 0.6) is 0 Å². The molecule has 3 rings (SSSR count). The zero-order valence-corrected chi connectivity index (χ0v) is 15.0. The fourth-order valence-corrected chi connectivity index (χ4v) is 3.27. The number of nitrogens with one attached hydrogen (secondary N) is 1. The van der Waals surface area contributed by atoms with Gasteiger partial charge in [0.1, 0.15) is 6.04 Å². The largest absolute Gasteiger partial charge is 0.384 e. The van der Waals surface area contributed by atoms with Gasteiger partial charge in [0.05, 0.1) is 18.7 Å². The van der Waals surface area contributed by atoms with Gasteiger partial charge in [0.2, 0.25) is 11.8 Å². The fraction of sp³-hybridized carbons (Fsp3) is 0.647. The van der Waals surface area contributed by atoms with Crippen LogP contribution in [-0.4, -0.2) is 51.4 Å². The number of hydrogen-bond donors (Lipinski definition) is 1. The van der Waals surface area contributed by atoms with Gasteiger partial charge < -0.3 is 14.2 Å². The van der Waals surface area contributed by atoms with Gasteiger partial charge in [0.25, 0.3) is 0 Å². The van der Waals surface area contributed by atoms with E-state index >= 15 is 0 Å². The summed E-state index contributed by atoms with van der Waals surface area (Å²) in [4.78, 5) is 19.3. The molecule has 0 aliphatic carbocycles. The molecule has 1 saturated heterocycles. The third kappa shape index (κ3) is 3.89. The Morgan fingerprint density at radius 2 is 2.24 bits per heavy atom. The summed E-state index contributed by atoms with van der Waals surface area (Å²) in [7, 11) is 1.64. The lowest BCUT2D eigenvalue weighted by molar-refractivity contribution is -0.135. The Kier molecular flexibility index (Phi) is 5.47. The van der Waals surface area contributed by atoms with Gasteiger partial charge in [-0.25, -0.2) is 0 Å². The molecule has 1 fully saturated rings. The standard InChI is InChI=1S/C17H25N5O3/c1-11-13(12(2)20-19-11)10-16(23)22-8-5-4-6-14(22)17-18-15(21-25-17)7-9-24-3/h14H,4-10H2,1-3H3,(H,19,20). The first-order chi connectivity index (χ1) is 12.1. The molecule has 0 radical (unpaired) electrons. The van der Waals surface area contributed by atoms with Crippen molar-refractivity contribution >= 4 is 5.91 Å². The molecule has 1 N–H and O–H groups in total. The number of rotatable bonds is 6. The normalized spacial score (nSPS) is 17.9. The summed E-state index contributed by atoms with van der Waals surface area (Å²) in [6, 6.07) is -0.141. The first-order valence-electron chi connectivity index (χ1n) is 8.71. The van der Waals surface area contributed by atoms with Crippen molar-refractivity contribution in [3.8, 4) is 0 Å². The van der Waals surface area contributed by atoms with Crippen molar-refractivity contribution < 1.29 is 14.1 Å². The van der Waals surface area contributed by atoms with Crippen LogP contribution in [0.4, 0.5) is 0 Å². The number of piperidine rings is 1. The SMILES string of the molecule is COCCc1noc(C2CCCCN2C(=O)Cc2c(C)n[nH]c2C)n1. The lowest BCUT2D eigenvalue weighted by Crippen LogP contribution is -2.39. The van der Waals surface area contributed by atoms with E-state index in [1.54, 1.807) is 7.11 Å². The number of H-pyrrole nitrogens is 1. The van der Waals surface area contributed by atoms with Crippen molar-refractivity contribution in [2.24, 2.45) is 0 Å². The van der Waals surface area contributed by atoms with Crippen LogP contribution in [0.25, 0.3) is 0 Å². The van der Waals surface area contributed by atoms with Crippen LogP contribution in [0, 0.1) is 13.8 Å². The number of carbonyl (C=O) groups excluding carboxylic acids is 1. The minimum Gasteiger partial charge on any atom is -0.384 e. The number of likely N-dealkylation sites (tertiary alicyclic amines) is 1. The van der Waals surface area contributed by atoms with E-state index in [1.807, 2.05) is 18.7 Å². The average molecular weight is 347 g/mol. The fourth-order valence-electron chi connectivity index (χ4n) is 3.27. The summed E-state index contributed by atoms with van der Waals surface area (Å²) in [6.07, 6.45) is 3.84. The Hall–Kier alpha value is -2.22. The highest BCUT2D eigenvalue weighted by Crippen LogP contribution is 2.30. The Morgan fingerprint density at radius 3 is 2.96 bits per heavy atom. The number of hydrogen-bond acceptors (Lipinski definition) is 6. The van der Waals surface area contributed by atoms with Crippen LogP contribution in [0.1, 0.15) is 54.0 Å². The van der Waals surface area contributed by atoms with E-state index in [-0.39, 0.29) is 11.9 Å². The molecule has 136 valence electrons. The molecule has 2 aromatic rings. The number of aryl methyl sites for hydroxylation is 2. The van der Waals surface area contributed by atoms with Crippen molar-refractivity contribution in [1.29, 1.82) is 0 Å². The quantitative estimate of drug-likeness (QED) is 0.857. The van der Waals surface area contributed by atoms with E-state index < -0.39 is 0 Å². The maximum Gasteiger partial charge on any atom is 0.249 e. The summed E-state index contributed by atoms with van der Waals surface area (Å²) in [6.45, 7) is 5.12. The molecular weight excluding hydrogens is 322 g/mol. The minimum absolute atomic E-state index is 0.0777.